The molecule has 4 rings (SSSR count). The number of nitrogens with zero attached hydrogens (tertiary/aromatic N) is 3. The number of methoxy groups -OCH3 is 1. The molecule has 1 amide bonds. The molecule has 2 heterocycles. The molecule has 0 unspecified atom stereocenters. The minimum atomic E-state index is -0.253. The lowest BCUT2D eigenvalue weighted by Crippen LogP contribution is -2.24. The van der Waals surface area contributed by atoms with Gasteiger partial charge in [0, 0.05) is 13.1 Å². The highest BCUT2D eigenvalue weighted by molar-refractivity contribution is 6.10. The van der Waals surface area contributed by atoms with E-state index in [0.717, 1.165) is 41.6 Å². The van der Waals surface area contributed by atoms with Crippen molar-refractivity contribution in [2.24, 2.45) is 0 Å². The lowest BCUT2D eigenvalue weighted by molar-refractivity contribution is 0.0953. The van der Waals surface area contributed by atoms with Crippen LogP contribution in [-0.4, -0.2) is 27.6 Å². The molecular formula is C24H27N5O2. The van der Waals surface area contributed by atoms with Gasteiger partial charge in [-0.1, -0.05) is 44.0 Å². The van der Waals surface area contributed by atoms with Gasteiger partial charge in [0.2, 0.25) is 0 Å². The van der Waals surface area contributed by atoms with Gasteiger partial charge < -0.3 is 20.4 Å². The van der Waals surface area contributed by atoms with Gasteiger partial charge in [0.25, 0.3) is 5.91 Å². The summed E-state index contributed by atoms with van der Waals surface area (Å²) in [5.41, 5.74) is 10.6. The quantitative estimate of drug-likeness (QED) is 0.417. The molecule has 160 valence electrons. The van der Waals surface area contributed by atoms with E-state index in [1.807, 2.05) is 53.1 Å². The Bertz CT molecular complexity index is 1210. The summed E-state index contributed by atoms with van der Waals surface area (Å²) in [4.78, 5) is 22.7. The number of carbonyl (C=O) groups is 1. The van der Waals surface area contributed by atoms with Crippen LogP contribution in [0, 0.1) is 0 Å². The Labute approximate surface area is 181 Å². The molecule has 31 heavy (non-hydrogen) atoms. The first-order valence-corrected chi connectivity index (χ1v) is 10.6. The number of unbranched alkanes of at least 4 members (excludes halogenated alkanes) is 2. The average molecular weight is 418 g/mol. The molecule has 0 aliphatic carbocycles. The molecular weight excluding hydrogens is 390 g/mol. The van der Waals surface area contributed by atoms with E-state index in [-0.39, 0.29) is 5.91 Å². The maximum atomic E-state index is 13.2. The summed E-state index contributed by atoms with van der Waals surface area (Å²) in [7, 11) is 1.63. The highest BCUT2D eigenvalue weighted by Crippen LogP contribution is 2.28. The maximum absolute atomic E-state index is 13.2. The number of hydrogen-bond acceptors (Lipinski definition) is 5. The zero-order valence-electron chi connectivity index (χ0n) is 17.9. The molecule has 0 saturated heterocycles. The van der Waals surface area contributed by atoms with Gasteiger partial charge in [-0.25, -0.2) is 9.97 Å². The smallest absolute Gasteiger partial charge is 0.257 e. The topological polar surface area (TPSA) is 95.1 Å². The number of hydrogen-bond donors (Lipinski definition) is 2. The van der Waals surface area contributed by atoms with Gasteiger partial charge in [-0.05, 0) is 36.2 Å². The predicted octanol–water partition coefficient (Wildman–Crippen LogP) is 4.30. The summed E-state index contributed by atoms with van der Waals surface area (Å²) >= 11 is 0. The summed E-state index contributed by atoms with van der Waals surface area (Å²) in [5.74, 6) is 0.933. The molecule has 7 heteroatoms. The van der Waals surface area contributed by atoms with Crippen LogP contribution >= 0.6 is 0 Å². The normalized spacial score (nSPS) is 11.2. The Balaban J connectivity index is 1.69. The first kappa shape index (κ1) is 20.7. The molecule has 7 nitrogen and oxygen atoms in total. The van der Waals surface area contributed by atoms with Crippen molar-refractivity contribution in [1.29, 1.82) is 0 Å². The number of amides is 1. The summed E-state index contributed by atoms with van der Waals surface area (Å²) in [6, 6.07) is 15.2. The van der Waals surface area contributed by atoms with Crippen LogP contribution in [0.2, 0.25) is 0 Å². The minimum Gasteiger partial charge on any atom is -0.497 e. The van der Waals surface area contributed by atoms with Gasteiger partial charge in [0.05, 0.1) is 18.1 Å². The zero-order chi connectivity index (χ0) is 21.8. The molecule has 0 atom stereocenters. The van der Waals surface area contributed by atoms with Gasteiger partial charge >= 0.3 is 0 Å². The maximum Gasteiger partial charge on any atom is 0.257 e. The fourth-order valence-corrected chi connectivity index (χ4v) is 3.70. The van der Waals surface area contributed by atoms with Crippen molar-refractivity contribution in [2.45, 2.75) is 39.3 Å². The Morgan fingerprint density at radius 3 is 2.45 bits per heavy atom. The highest BCUT2D eigenvalue weighted by atomic mass is 16.5. The first-order valence-electron chi connectivity index (χ1n) is 10.6. The van der Waals surface area contributed by atoms with Gasteiger partial charge in [-0.2, -0.15) is 0 Å². The standard InChI is InChI=1S/C24H27N5O2/c1-3-4-7-14-29-22(25)20(21-23(29)28-19-9-6-5-8-18(19)27-21)24(30)26-15-16-10-12-17(31-2)13-11-16/h5-6,8-13H,3-4,7,14-15,25H2,1-2H3,(H,26,30). The third kappa shape index (κ3) is 4.17. The van der Waals surface area contributed by atoms with Crippen molar-refractivity contribution in [3.8, 4) is 5.75 Å². The Kier molecular flexibility index (Phi) is 6.02. The molecule has 0 aliphatic heterocycles. The highest BCUT2D eigenvalue weighted by Gasteiger charge is 2.23. The number of anilines is 1. The minimum absolute atomic E-state index is 0.253. The molecule has 0 fully saturated rings. The summed E-state index contributed by atoms with van der Waals surface area (Å²) < 4.78 is 7.11. The van der Waals surface area contributed by atoms with Crippen LogP contribution in [0.5, 0.6) is 5.75 Å². The lowest BCUT2D eigenvalue weighted by Gasteiger charge is -2.08. The second-order valence-electron chi connectivity index (χ2n) is 7.53. The average Bonchev–Trinajstić information content (AvgIpc) is 3.07. The number of ether oxygens (including phenoxy) is 1. The van der Waals surface area contributed by atoms with Crippen LogP contribution in [0.3, 0.4) is 0 Å². The van der Waals surface area contributed by atoms with Crippen molar-refractivity contribution < 1.29 is 9.53 Å². The van der Waals surface area contributed by atoms with Crippen LogP contribution in [0.25, 0.3) is 22.2 Å². The Morgan fingerprint density at radius 1 is 1.06 bits per heavy atom. The van der Waals surface area contributed by atoms with E-state index in [1.54, 1.807) is 7.11 Å². The van der Waals surface area contributed by atoms with Crippen LogP contribution in [0.1, 0.15) is 42.1 Å². The van der Waals surface area contributed by atoms with E-state index in [0.29, 0.717) is 35.6 Å². The molecule has 0 spiro atoms. The van der Waals surface area contributed by atoms with Crippen LogP contribution in [-0.2, 0) is 13.1 Å². The van der Waals surface area contributed by atoms with Gasteiger partial charge in [0.1, 0.15) is 22.6 Å². The number of rotatable bonds is 8. The zero-order valence-corrected chi connectivity index (χ0v) is 17.9. The van der Waals surface area contributed by atoms with Crippen molar-refractivity contribution in [2.75, 3.05) is 12.8 Å². The third-order valence-electron chi connectivity index (χ3n) is 5.42. The molecule has 3 N–H and O–H groups in total. The summed E-state index contributed by atoms with van der Waals surface area (Å²) in [5, 5.41) is 2.97. The summed E-state index contributed by atoms with van der Waals surface area (Å²) in [6.07, 6.45) is 3.15. The lowest BCUT2D eigenvalue weighted by atomic mass is 10.2. The fraction of sp³-hybridized carbons (Fsp3) is 0.292. The molecule has 2 aromatic carbocycles. The molecule has 0 aliphatic rings. The fourth-order valence-electron chi connectivity index (χ4n) is 3.70. The second-order valence-corrected chi connectivity index (χ2v) is 7.53. The monoisotopic (exact) mass is 417 g/mol. The van der Waals surface area contributed by atoms with E-state index < -0.39 is 0 Å². The van der Waals surface area contributed by atoms with Crippen molar-refractivity contribution in [1.82, 2.24) is 19.9 Å². The van der Waals surface area contributed by atoms with Crippen molar-refractivity contribution >= 4 is 33.9 Å². The van der Waals surface area contributed by atoms with Gasteiger partial charge in [-0.3, -0.25) is 4.79 Å². The third-order valence-corrected chi connectivity index (χ3v) is 5.42. The van der Waals surface area contributed by atoms with Crippen LogP contribution in [0.15, 0.2) is 48.5 Å². The van der Waals surface area contributed by atoms with Gasteiger partial charge in [-0.15, -0.1) is 0 Å². The number of benzene rings is 2. The number of nitrogens with one attached hydrogen (secondary N) is 1. The van der Waals surface area contributed by atoms with Crippen LogP contribution in [0.4, 0.5) is 5.82 Å². The first-order chi connectivity index (χ1) is 15.1. The Hall–Kier alpha value is -3.61. The molecule has 4 aromatic rings. The van der Waals surface area contributed by atoms with E-state index in [9.17, 15) is 4.79 Å². The SMILES string of the molecule is CCCCCn1c(N)c(C(=O)NCc2ccc(OC)cc2)c2nc3ccccc3nc21. The number of aromatic nitrogens is 3. The number of nitrogens with two attached hydrogens (primary N) is 1. The van der Waals surface area contributed by atoms with E-state index in [1.165, 1.54) is 0 Å². The number of para-hydroxylation sites is 2. The predicted molar refractivity (Wildman–Crippen MR) is 123 cm³/mol. The van der Waals surface area contributed by atoms with Crippen molar-refractivity contribution in [3.63, 3.8) is 0 Å². The van der Waals surface area contributed by atoms with Gasteiger partial charge in [0.15, 0.2) is 5.65 Å². The molecule has 0 bridgehead atoms. The molecule has 0 radical (unpaired) electrons. The van der Waals surface area contributed by atoms with E-state index >= 15 is 0 Å². The number of fused-ring (bicyclic) bond motifs is 2. The molecule has 0 saturated carbocycles. The molecule has 2 aromatic heterocycles. The van der Waals surface area contributed by atoms with Crippen molar-refractivity contribution in [3.05, 3.63) is 59.7 Å². The number of aryl methyl sites for hydroxylation is 1. The number of nitrogen functional groups attached to an aromatic ring is 1. The van der Waals surface area contributed by atoms with E-state index in [4.69, 9.17) is 20.4 Å². The number of carbonyl (C=O) groups excluding carboxylic acids is 1. The largest absolute Gasteiger partial charge is 0.497 e. The Morgan fingerprint density at radius 2 is 1.77 bits per heavy atom. The van der Waals surface area contributed by atoms with E-state index in [2.05, 4.69) is 12.2 Å². The van der Waals surface area contributed by atoms with Crippen LogP contribution < -0.4 is 15.8 Å². The summed E-state index contributed by atoms with van der Waals surface area (Å²) in [6.45, 7) is 3.24. The second kappa shape index (κ2) is 9.04.